The molecule has 1 aliphatic heterocycles. The first-order valence-corrected chi connectivity index (χ1v) is 4.89. The van der Waals surface area contributed by atoms with Crippen LogP contribution in [0.1, 0.15) is 13.8 Å². The molecule has 11 heavy (non-hydrogen) atoms. The zero-order valence-electron chi connectivity index (χ0n) is 7.08. The van der Waals surface area contributed by atoms with Crippen molar-refractivity contribution in [2.45, 2.75) is 24.9 Å². The van der Waals surface area contributed by atoms with Gasteiger partial charge >= 0.3 is 0 Å². The van der Waals surface area contributed by atoms with Crippen LogP contribution in [0.3, 0.4) is 0 Å². The average molecular weight is 176 g/mol. The van der Waals surface area contributed by atoms with Crippen LogP contribution in [0.15, 0.2) is 0 Å². The lowest BCUT2D eigenvalue weighted by Crippen LogP contribution is -2.46. The maximum Gasteiger partial charge on any atom is 0.156 e. The van der Waals surface area contributed by atoms with Crippen molar-refractivity contribution in [2.24, 2.45) is 5.73 Å². The lowest BCUT2D eigenvalue weighted by Gasteiger charge is -2.31. The van der Waals surface area contributed by atoms with E-state index in [-0.39, 0.29) is 11.1 Å². The van der Waals surface area contributed by atoms with E-state index < -0.39 is 0 Å². The normalized spacial score (nSPS) is 31.1. The summed E-state index contributed by atoms with van der Waals surface area (Å²) in [6.07, 6.45) is 0. The maximum absolute atomic E-state index is 9.49. The SMILES string of the molecule is CC1(C)CSC(O)N1CCN. The van der Waals surface area contributed by atoms with Crippen LogP contribution >= 0.6 is 11.8 Å². The first kappa shape index (κ1) is 9.32. The van der Waals surface area contributed by atoms with Crippen molar-refractivity contribution in [2.75, 3.05) is 18.8 Å². The summed E-state index contributed by atoms with van der Waals surface area (Å²) in [6, 6.07) is 0. The molecule has 66 valence electrons. The Morgan fingerprint density at radius 2 is 2.36 bits per heavy atom. The van der Waals surface area contributed by atoms with Crippen LogP contribution in [0.2, 0.25) is 0 Å². The third-order valence-electron chi connectivity index (χ3n) is 2.00. The van der Waals surface area contributed by atoms with E-state index in [1.165, 1.54) is 0 Å². The first-order valence-electron chi connectivity index (χ1n) is 3.84. The summed E-state index contributed by atoms with van der Waals surface area (Å²) in [5.74, 6) is 0.980. The standard InChI is InChI=1S/C7H16N2OS/c1-7(2)5-11-6(10)9(7)4-3-8/h6,10H,3-5,8H2,1-2H3. The van der Waals surface area contributed by atoms with Gasteiger partial charge in [-0.05, 0) is 13.8 Å². The van der Waals surface area contributed by atoms with E-state index in [1.54, 1.807) is 11.8 Å². The zero-order chi connectivity index (χ0) is 8.48. The van der Waals surface area contributed by atoms with Gasteiger partial charge in [0.1, 0.15) is 0 Å². The second-order valence-corrected chi connectivity index (χ2v) is 4.48. The number of aliphatic hydroxyl groups is 1. The second-order valence-electron chi connectivity index (χ2n) is 3.43. The highest BCUT2D eigenvalue weighted by molar-refractivity contribution is 8.00. The summed E-state index contributed by atoms with van der Waals surface area (Å²) in [4.78, 5) is 2.04. The molecular formula is C7H16N2OS. The predicted molar refractivity (Wildman–Crippen MR) is 48.3 cm³/mol. The van der Waals surface area contributed by atoms with Gasteiger partial charge in [-0.15, -0.1) is 11.8 Å². The number of hydrogen-bond acceptors (Lipinski definition) is 4. The van der Waals surface area contributed by atoms with Crippen molar-refractivity contribution in [3.05, 3.63) is 0 Å². The van der Waals surface area contributed by atoms with Crippen LogP contribution in [0, 0.1) is 0 Å². The van der Waals surface area contributed by atoms with Crippen molar-refractivity contribution in [1.82, 2.24) is 4.90 Å². The number of thioether (sulfide) groups is 1. The molecule has 1 aliphatic rings. The highest BCUT2D eigenvalue weighted by Gasteiger charge is 2.38. The van der Waals surface area contributed by atoms with Gasteiger partial charge in [0.15, 0.2) is 5.56 Å². The Morgan fingerprint density at radius 3 is 2.73 bits per heavy atom. The molecule has 0 aromatic carbocycles. The van der Waals surface area contributed by atoms with Crippen molar-refractivity contribution in [3.63, 3.8) is 0 Å². The Balaban J connectivity index is 2.57. The molecule has 1 fully saturated rings. The molecule has 1 rings (SSSR count). The fourth-order valence-corrected chi connectivity index (χ4v) is 2.60. The summed E-state index contributed by atoms with van der Waals surface area (Å²) in [5, 5.41) is 9.49. The summed E-state index contributed by atoms with van der Waals surface area (Å²) in [7, 11) is 0. The molecule has 1 saturated heterocycles. The van der Waals surface area contributed by atoms with Gasteiger partial charge < -0.3 is 10.8 Å². The van der Waals surface area contributed by atoms with E-state index in [9.17, 15) is 5.11 Å². The summed E-state index contributed by atoms with van der Waals surface area (Å²) in [5.41, 5.74) is 5.18. The molecular weight excluding hydrogens is 160 g/mol. The van der Waals surface area contributed by atoms with Crippen LogP contribution in [-0.4, -0.2) is 39.9 Å². The molecule has 0 radical (unpaired) electrons. The molecule has 0 bridgehead atoms. The lowest BCUT2D eigenvalue weighted by molar-refractivity contribution is 0.0280. The van der Waals surface area contributed by atoms with Crippen LogP contribution in [-0.2, 0) is 0 Å². The van der Waals surface area contributed by atoms with Crippen molar-refractivity contribution < 1.29 is 5.11 Å². The summed E-state index contributed by atoms with van der Waals surface area (Å²) < 4.78 is 0. The van der Waals surface area contributed by atoms with E-state index in [1.807, 2.05) is 4.90 Å². The minimum absolute atomic E-state index is 0.101. The molecule has 3 nitrogen and oxygen atoms in total. The smallest absolute Gasteiger partial charge is 0.156 e. The molecule has 0 aromatic heterocycles. The Kier molecular flexibility index (Phi) is 2.80. The van der Waals surface area contributed by atoms with E-state index in [0.717, 1.165) is 12.3 Å². The molecule has 1 atom stereocenters. The highest BCUT2D eigenvalue weighted by Crippen LogP contribution is 2.34. The van der Waals surface area contributed by atoms with Crippen molar-refractivity contribution in [3.8, 4) is 0 Å². The van der Waals surface area contributed by atoms with E-state index in [4.69, 9.17) is 5.73 Å². The number of aliphatic hydroxyl groups excluding tert-OH is 1. The van der Waals surface area contributed by atoms with Gasteiger partial charge in [-0.2, -0.15) is 0 Å². The van der Waals surface area contributed by atoms with Crippen LogP contribution < -0.4 is 5.73 Å². The van der Waals surface area contributed by atoms with Crippen molar-refractivity contribution in [1.29, 1.82) is 0 Å². The Morgan fingerprint density at radius 1 is 1.73 bits per heavy atom. The molecule has 4 heteroatoms. The Hall–Kier alpha value is 0.230. The third-order valence-corrected chi connectivity index (χ3v) is 3.43. The number of rotatable bonds is 2. The molecule has 0 aromatic rings. The Labute approximate surface area is 71.9 Å². The zero-order valence-corrected chi connectivity index (χ0v) is 7.90. The minimum atomic E-state index is -0.353. The van der Waals surface area contributed by atoms with Gasteiger partial charge in [0, 0.05) is 24.4 Å². The predicted octanol–water partition coefficient (Wildman–Crippen LogP) is 0.0484. The van der Waals surface area contributed by atoms with Crippen LogP contribution in [0.25, 0.3) is 0 Å². The Bertz CT molecular complexity index is 140. The minimum Gasteiger partial charge on any atom is -0.369 e. The molecule has 1 unspecified atom stereocenters. The van der Waals surface area contributed by atoms with E-state index >= 15 is 0 Å². The van der Waals surface area contributed by atoms with E-state index in [2.05, 4.69) is 13.8 Å². The molecule has 0 amide bonds. The van der Waals surface area contributed by atoms with Gasteiger partial charge in [0.2, 0.25) is 0 Å². The fraction of sp³-hybridized carbons (Fsp3) is 1.00. The number of nitrogens with zero attached hydrogens (tertiary/aromatic N) is 1. The molecule has 0 aliphatic carbocycles. The third kappa shape index (κ3) is 1.87. The summed E-state index contributed by atoms with van der Waals surface area (Å²) in [6.45, 7) is 5.65. The lowest BCUT2D eigenvalue weighted by atomic mass is 10.1. The second kappa shape index (κ2) is 3.31. The fourth-order valence-electron chi connectivity index (χ4n) is 1.30. The quantitative estimate of drug-likeness (QED) is 0.624. The largest absolute Gasteiger partial charge is 0.369 e. The monoisotopic (exact) mass is 176 g/mol. The summed E-state index contributed by atoms with van der Waals surface area (Å²) >= 11 is 1.58. The van der Waals surface area contributed by atoms with E-state index in [0.29, 0.717) is 6.54 Å². The van der Waals surface area contributed by atoms with Gasteiger partial charge in [0.25, 0.3) is 0 Å². The van der Waals surface area contributed by atoms with Crippen LogP contribution in [0.5, 0.6) is 0 Å². The first-order chi connectivity index (χ1) is 5.08. The molecule has 1 heterocycles. The van der Waals surface area contributed by atoms with Gasteiger partial charge in [-0.3, -0.25) is 4.90 Å². The molecule has 0 spiro atoms. The molecule has 3 N–H and O–H groups in total. The maximum atomic E-state index is 9.49. The topological polar surface area (TPSA) is 49.5 Å². The van der Waals surface area contributed by atoms with Gasteiger partial charge in [0.05, 0.1) is 0 Å². The van der Waals surface area contributed by atoms with Crippen LogP contribution in [0.4, 0.5) is 0 Å². The van der Waals surface area contributed by atoms with Gasteiger partial charge in [-0.25, -0.2) is 0 Å². The number of nitrogens with two attached hydrogens (primary N) is 1. The van der Waals surface area contributed by atoms with Crippen molar-refractivity contribution >= 4 is 11.8 Å². The number of hydrogen-bond donors (Lipinski definition) is 2. The molecule has 0 saturated carbocycles. The highest BCUT2D eigenvalue weighted by atomic mass is 32.2. The van der Waals surface area contributed by atoms with Gasteiger partial charge in [-0.1, -0.05) is 0 Å². The average Bonchev–Trinajstić information content (AvgIpc) is 2.16.